The average molecular weight is 493 g/mol. The fourth-order valence-electron chi connectivity index (χ4n) is 2.14. The van der Waals surface area contributed by atoms with Crippen LogP contribution in [0.2, 0.25) is 0 Å². The van der Waals surface area contributed by atoms with Crippen molar-refractivity contribution >= 4 is 32.6 Å². The first-order chi connectivity index (χ1) is 12.6. The molecule has 1 heterocycles. The summed E-state index contributed by atoms with van der Waals surface area (Å²) in [6, 6.07) is 1.11. The molecule has 5 nitrogen and oxygen atoms in total. The molecule has 0 saturated heterocycles. The van der Waals surface area contributed by atoms with Crippen molar-refractivity contribution in [2.24, 2.45) is 5.10 Å². The van der Waals surface area contributed by atoms with Gasteiger partial charge >= 0.3 is 6.18 Å². The van der Waals surface area contributed by atoms with Crippen LogP contribution in [-0.2, 0) is 16.5 Å². The van der Waals surface area contributed by atoms with Crippen LogP contribution < -0.4 is 4.72 Å². The zero-order valence-corrected chi connectivity index (χ0v) is 18.4. The molecule has 1 N–H and O–H groups in total. The van der Waals surface area contributed by atoms with Gasteiger partial charge in [-0.2, -0.15) is 22.7 Å². The highest BCUT2D eigenvalue weighted by molar-refractivity contribution is 9.10. The van der Waals surface area contributed by atoms with Crippen molar-refractivity contribution in [1.29, 1.82) is 0 Å². The SMILES string of the molecule is CN(C)/N=C(/CC(CF)(NS(=O)C(C)(C)C)c1cc(Br)cnc1F)C(F)(F)F. The molecule has 2 atom stereocenters. The van der Waals surface area contributed by atoms with Crippen molar-refractivity contribution in [2.75, 3.05) is 20.8 Å². The lowest BCUT2D eigenvalue weighted by atomic mass is 9.87. The molecule has 2 unspecified atom stereocenters. The predicted octanol–water partition coefficient (Wildman–Crippen LogP) is 4.07. The Hall–Kier alpha value is -1.14. The molecule has 0 radical (unpaired) electrons. The summed E-state index contributed by atoms with van der Waals surface area (Å²) in [7, 11) is 0.524. The van der Waals surface area contributed by atoms with E-state index < -0.39 is 57.8 Å². The second-order valence-corrected chi connectivity index (χ2v) is 10.1. The van der Waals surface area contributed by atoms with Crippen LogP contribution in [0, 0.1) is 5.95 Å². The first-order valence-corrected chi connectivity index (χ1v) is 9.96. The van der Waals surface area contributed by atoms with E-state index in [0.29, 0.717) is 0 Å². The minimum Gasteiger partial charge on any atom is -0.303 e. The summed E-state index contributed by atoms with van der Waals surface area (Å²) in [4.78, 5) is 3.44. The highest BCUT2D eigenvalue weighted by Crippen LogP contribution is 2.35. The standard InChI is InChI=1S/C16H22BrF5N4OS/c1-14(2,3)28(27)25-15(9-18,11-6-10(17)8-23-13(11)19)7-12(16(20,21)22)24-26(4)5/h6,8,25H,7,9H2,1-5H3/b24-12-. The van der Waals surface area contributed by atoms with Crippen LogP contribution in [0.1, 0.15) is 32.8 Å². The van der Waals surface area contributed by atoms with Crippen molar-refractivity contribution in [3.05, 3.63) is 28.2 Å². The second-order valence-electron chi connectivity index (χ2n) is 7.26. The fourth-order valence-corrected chi connectivity index (χ4v) is 3.37. The largest absolute Gasteiger partial charge is 0.431 e. The fraction of sp³-hybridized carbons (Fsp3) is 0.625. The van der Waals surface area contributed by atoms with Gasteiger partial charge in [0.25, 0.3) is 0 Å². The maximum Gasteiger partial charge on any atom is 0.431 e. The van der Waals surface area contributed by atoms with Crippen molar-refractivity contribution in [2.45, 2.75) is 43.7 Å². The average Bonchev–Trinajstić information content (AvgIpc) is 2.53. The summed E-state index contributed by atoms with van der Waals surface area (Å²) in [6.45, 7) is 3.17. The number of hydrogen-bond donors (Lipinski definition) is 1. The Morgan fingerprint density at radius 1 is 1.32 bits per heavy atom. The van der Waals surface area contributed by atoms with Crippen molar-refractivity contribution in [3.8, 4) is 0 Å². The molecule has 0 saturated carbocycles. The van der Waals surface area contributed by atoms with Gasteiger partial charge in [-0.1, -0.05) is 0 Å². The Bertz CT molecular complexity index is 752. The number of nitrogens with one attached hydrogen (secondary N) is 1. The monoisotopic (exact) mass is 492 g/mol. The van der Waals surface area contributed by atoms with E-state index in [4.69, 9.17) is 0 Å². The van der Waals surface area contributed by atoms with Gasteiger partial charge in [-0.05, 0) is 42.8 Å². The predicted molar refractivity (Wildman–Crippen MR) is 102 cm³/mol. The minimum absolute atomic E-state index is 0.225. The highest BCUT2D eigenvalue weighted by Gasteiger charge is 2.47. The molecule has 0 aliphatic rings. The molecule has 12 heteroatoms. The van der Waals surface area contributed by atoms with Crippen LogP contribution in [0.15, 0.2) is 21.8 Å². The van der Waals surface area contributed by atoms with Gasteiger partial charge in [0.1, 0.15) is 12.4 Å². The first-order valence-electron chi connectivity index (χ1n) is 8.01. The number of pyridine rings is 1. The van der Waals surface area contributed by atoms with Crippen molar-refractivity contribution < 1.29 is 26.2 Å². The van der Waals surface area contributed by atoms with Crippen molar-refractivity contribution in [3.63, 3.8) is 0 Å². The molecule has 0 aliphatic heterocycles. The van der Waals surface area contributed by atoms with Gasteiger partial charge in [-0.25, -0.2) is 18.3 Å². The third-order valence-electron chi connectivity index (χ3n) is 3.51. The molecule has 1 rings (SSSR count). The number of hydrogen-bond acceptors (Lipinski definition) is 4. The molecule has 28 heavy (non-hydrogen) atoms. The van der Waals surface area contributed by atoms with E-state index >= 15 is 0 Å². The molecule has 0 fully saturated rings. The van der Waals surface area contributed by atoms with E-state index in [-0.39, 0.29) is 4.47 Å². The van der Waals surface area contributed by atoms with E-state index in [2.05, 4.69) is 30.7 Å². The summed E-state index contributed by atoms with van der Waals surface area (Å²) >= 11 is 3.05. The third-order valence-corrected chi connectivity index (χ3v) is 5.63. The number of rotatable bonds is 7. The molecule has 0 amide bonds. The minimum atomic E-state index is -4.91. The van der Waals surface area contributed by atoms with Gasteiger partial charge in [0.15, 0.2) is 0 Å². The third kappa shape index (κ3) is 6.45. The van der Waals surface area contributed by atoms with Gasteiger partial charge < -0.3 is 5.01 Å². The number of halogens is 6. The molecule has 1 aromatic heterocycles. The normalized spacial score (nSPS) is 16.6. The van der Waals surface area contributed by atoms with E-state index in [1.54, 1.807) is 20.8 Å². The van der Waals surface area contributed by atoms with E-state index in [1.807, 2.05) is 0 Å². The van der Waals surface area contributed by atoms with Gasteiger partial charge in [-0.15, -0.1) is 0 Å². The van der Waals surface area contributed by atoms with Gasteiger partial charge in [-0.3, -0.25) is 0 Å². The van der Waals surface area contributed by atoms with Crippen LogP contribution in [0.25, 0.3) is 0 Å². The molecular weight excluding hydrogens is 471 g/mol. The lowest BCUT2D eigenvalue weighted by Gasteiger charge is -2.35. The summed E-state index contributed by atoms with van der Waals surface area (Å²) in [5.74, 6) is -1.18. The Kier molecular flexibility index (Phi) is 8.11. The Balaban J connectivity index is 3.66. The number of aromatic nitrogens is 1. The summed E-state index contributed by atoms with van der Waals surface area (Å²) in [6.07, 6.45) is -4.92. The first kappa shape index (κ1) is 24.9. The summed E-state index contributed by atoms with van der Waals surface area (Å²) < 4.78 is 83.5. The van der Waals surface area contributed by atoms with Gasteiger partial charge in [0.2, 0.25) is 5.95 Å². The molecule has 160 valence electrons. The Morgan fingerprint density at radius 2 is 1.89 bits per heavy atom. The summed E-state index contributed by atoms with van der Waals surface area (Å²) in [5, 5.41) is 4.30. The number of alkyl halides is 4. The van der Waals surface area contributed by atoms with E-state index in [9.17, 15) is 26.2 Å². The molecule has 0 spiro atoms. The number of nitrogens with zero attached hydrogens (tertiary/aromatic N) is 3. The second kappa shape index (κ2) is 9.12. The molecular formula is C16H22BrF5N4OS. The van der Waals surface area contributed by atoms with Gasteiger partial charge in [0.05, 0.1) is 21.3 Å². The lowest BCUT2D eigenvalue weighted by Crippen LogP contribution is -2.52. The topological polar surface area (TPSA) is 57.6 Å². The lowest BCUT2D eigenvalue weighted by molar-refractivity contribution is -0.0630. The van der Waals surface area contributed by atoms with Crippen molar-refractivity contribution in [1.82, 2.24) is 14.7 Å². The quantitative estimate of drug-likeness (QED) is 0.270. The smallest absolute Gasteiger partial charge is 0.303 e. The number of hydrazone groups is 1. The highest BCUT2D eigenvalue weighted by atomic mass is 79.9. The zero-order valence-electron chi connectivity index (χ0n) is 16.0. The Labute approximate surface area is 171 Å². The van der Waals surface area contributed by atoms with E-state index in [0.717, 1.165) is 17.3 Å². The maximum atomic E-state index is 14.4. The molecule has 0 bridgehead atoms. The van der Waals surface area contributed by atoms with Crippen LogP contribution in [0.5, 0.6) is 0 Å². The van der Waals surface area contributed by atoms with Crippen LogP contribution in [0.3, 0.4) is 0 Å². The van der Waals surface area contributed by atoms with E-state index in [1.165, 1.54) is 14.1 Å². The molecule has 1 aromatic rings. The molecule has 0 aromatic carbocycles. The van der Waals surface area contributed by atoms with Crippen LogP contribution >= 0.6 is 15.9 Å². The Morgan fingerprint density at radius 3 is 2.32 bits per heavy atom. The van der Waals surface area contributed by atoms with Crippen LogP contribution in [-0.4, -0.2) is 51.6 Å². The van der Waals surface area contributed by atoms with Gasteiger partial charge in [0, 0.05) is 36.7 Å². The zero-order chi connectivity index (χ0) is 21.9. The van der Waals surface area contributed by atoms with Crippen LogP contribution in [0.4, 0.5) is 22.0 Å². The molecule has 0 aliphatic carbocycles. The summed E-state index contributed by atoms with van der Waals surface area (Å²) in [5.41, 5.74) is -4.14. The maximum absolute atomic E-state index is 14.4.